The van der Waals surface area contributed by atoms with Gasteiger partial charge in [-0.3, -0.25) is 4.79 Å². The zero-order valence-corrected chi connectivity index (χ0v) is 11.3. The summed E-state index contributed by atoms with van der Waals surface area (Å²) in [7, 11) is 0. The Kier molecular flexibility index (Phi) is 3.40. The highest BCUT2D eigenvalue weighted by Crippen LogP contribution is 2.33. The number of hydrogen-bond acceptors (Lipinski definition) is 4. The molecule has 1 aliphatic heterocycles. The summed E-state index contributed by atoms with van der Waals surface area (Å²) in [4.78, 5) is 17.1. The van der Waals surface area contributed by atoms with Crippen LogP contribution in [0, 0.1) is 18.7 Å². The molecule has 0 saturated carbocycles. The Labute approximate surface area is 119 Å². The summed E-state index contributed by atoms with van der Waals surface area (Å²) < 4.78 is 32.1. The van der Waals surface area contributed by atoms with Crippen molar-refractivity contribution in [3.8, 4) is 0 Å². The van der Waals surface area contributed by atoms with Crippen molar-refractivity contribution in [1.82, 2.24) is 15.0 Å². The molecule has 0 bridgehead atoms. The SMILES string of the molecule is Cc1cc(C2CCCN2C(=O)c2ccnc(F)c2F)on1. The normalized spacial score (nSPS) is 18.2. The number of pyridine rings is 1. The molecule has 7 heteroatoms. The van der Waals surface area contributed by atoms with Gasteiger partial charge in [0, 0.05) is 18.8 Å². The molecule has 1 saturated heterocycles. The Morgan fingerprint density at radius 3 is 3.00 bits per heavy atom. The van der Waals surface area contributed by atoms with Crippen LogP contribution in [0.2, 0.25) is 0 Å². The third-order valence-corrected chi connectivity index (χ3v) is 3.57. The Balaban J connectivity index is 1.91. The molecule has 3 rings (SSSR count). The fourth-order valence-electron chi connectivity index (χ4n) is 2.58. The number of carbonyl (C=O) groups excluding carboxylic acids is 1. The van der Waals surface area contributed by atoms with Crippen molar-refractivity contribution < 1.29 is 18.1 Å². The maximum absolute atomic E-state index is 13.7. The lowest BCUT2D eigenvalue weighted by atomic mass is 10.1. The number of nitrogens with zero attached hydrogens (tertiary/aromatic N) is 3. The molecule has 21 heavy (non-hydrogen) atoms. The van der Waals surface area contributed by atoms with Crippen LogP contribution in [0.15, 0.2) is 22.9 Å². The monoisotopic (exact) mass is 293 g/mol. The molecule has 0 aliphatic carbocycles. The molecular weight excluding hydrogens is 280 g/mol. The molecule has 1 fully saturated rings. The molecule has 3 heterocycles. The first-order valence-corrected chi connectivity index (χ1v) is 6.62. The van der Waals surface area contributed by atoms with Gasteiger partial charge in [-0.1, -0.05) is 5.16 Å². The summed E-state index contributed by atoms with van der Waals surface area (Å²) >= 11 is 0. The van der Waals surface area contributed by atoms with E-state index in [1.165, 1.54) is 11.0 Å². The van der Waals surface area contributed by atoms with Gasteiger partial charge in [0.2, 0.25) is 5.95 Å². The fraction of sp³-hybridized carbons (Fsp3) is 0.357. The first kappa shape index (κ1) is 13.7. The Morgan fingerprint density at radius 1 is 1.48 bits per heavy atom. The number of likely N-dealkylation sites (tertiary alicyclic amines) is 1. The molecule has 2 aromatic heterocycles. The fourth-order valence-corrected chi connectivity index (χ4v) is 2.58. The average molecular weight is 293 g/mol. The van der Waals surface area contributed by atoms with E-state index in [0.29, 0.717) is 24.4 Å². The first-order chi connectivity index (χ1) is 10.1. The molecule has 110 valence electrons. The largest absolute Gasteiger partial charge is 0.359 e. The van der Waals surface area contributed by atoms with E-state index in [0.717, 1.165) is 12.6 Å². The van der Waals surface area contributed by atoms with Crippen LogP contribution in [0.5, 0.6) is 0 Å². The molecule has 0 spiro atoms. The molecule has 0 aromatic carbocycles. The van der Waals surface area contributed by atoms with Crippen molar-refractivity contribution in [2.75, 3.05) is 6.54 Å². The van der Waals surface area contributed by atoms with Crippen LogP contribution in [0.25, 0.3) is 0 Å². The van der Waals surface area contributed by atoms with Crippen molar-refractivity contribution in [2.24, 2.45) is 0 Å². The second-order valence-electron chi connectivity index (χ2n) is 4.99. The Hall–Kier alpha value is -2.31. The van der Waals surface area contributed by atoms with Crippen molar-refractivity contribution in [3.63, 3.8) is 0 Å². The lowest BCUT2D eigenvalue weighted by Gasteiger charge is -2.22. The van der Waals surface area contributed by atoms with E-state index >= 15 is 0 Å². The van der Waals surface area contributed by atoms with Crippen LogP contribution in [0.3, 0.4) is 0 Å². The van der Waals surface area contributed by atoms with Gasteiger partial charge in [0.05, 0.1) is 17.3 Å². The van der Waals surface area contributed by atoms with Crippen molar-refractivity contribution in [1.29, 1.82) is 0 Å². The number of aryl methyl sites for hydroxylation is 1. The van der Waals surface area contributed by atoms with Crippen molar-refractivity contribution >= 4 is 5.91 Å². The minimum Gasteiger partial charge on any atom is -0.359 e. The maximum Gasteiger partial charge on any atom is 0.257 e. The third kappa shape index (κ3) is 2.39. The molecule has 2 aromatic rings. The molecule has 5 nitrogen and oxygen atoms in total. The zero-order valence-electron chi connectivity index (χ0n) is 11.3. The predicted molar refractivity (Wildman–Crippen MR) is 68.4 cm³/mol. The van der Waals surface area contributed by atoms with Gasteiger partial charge in [0.15, 0.2) is 11.6 Å². The quantitative estimate of drug-likeness (QED) is 0.799. The van der Waals surface area contributed by atoms with E-state index in [-0.39, 0.29) is 11.6 Å². The molecule has 1 amide bonds. The summed E-state index contributed by atoms with van der Waals surface area (Å²) in [6.45, 7) is 2.25. The number of aromatic nitrogens is 2. The van der Waals surface area contributed by atoms with Crippen LogP contribution >= 0.6 is 0 Å². The van der Waals surface area contributed by atoms with E-state index in [2.05, 4.69) is 10.1 Å². The summed E-state index contributed by atoms with van der Waals surface area (Å²) in [5.74, 6) is -2.49. The maximum atomic E-state index is 13.7. The number of hydrogen-bond donors (Lipinski definition) is 0. The second kappa shape index (κ2) is 5.23. The predicted octanol–water partition coefficient (Wildman–Crippen LogP) is 2.63. The van der Waals surface area contributed by atoms with Crippen LogP contribution in [0.1, 0.15) is 40.7 Å². The van der Waals surface area contributed by atoms with Crippen LogP contribution in [-0.2, 0) is 0 Å². The van der Waals surface area contributed by atoms with E-state index in [1.54, 1.807) is 13.0 Å². The topological polar surface area (TPSA) is 59.2 Å². The van der Waals surface area contributed by atoms with E-state index < -0.39 is 17.7 Å². The van der Waals surface area contributed by atoms with Gasteiger partial charge in [-0.2, -0.15) is 4.39 Å². The summed E-state index contributed by atoms with van der Waals surface area (Å²) in [5, 5.41) is 3.80. The highest BCUT2D eigenvalue weighted by Gasteiger charge is 2.34. The zero-order chi connectivity index (χ0) is 15.0. The smallest absolute Gasteiger partial charge is 0.257 e. The van der Waals surface area contributed by atoms with Crippen molar-refractivity contribution in [2.45, 2.75) is 25.8 Å². The Bertz CT molecular complexity index is 687. The molecule has 0 radical (unpaired) electrons. The van der Waals surface area contributed by atoms with Gasteiger partial charge in [-0.05, 0) is 25.8 Å². The average Bonchev–Trinajstić information content (AvgIpc) is 3.09. The summed E-state index contributed by atoms with van der Waals surface area (Å²) in [6.07, 6.45) is 2.55. The lowest BCUT2D eigenvalue weighted by Crippen LogP contribution is -2.31. The highest BCUT2D eigenvalue weighted by atomic mass is 19.2. The molecular formula is C14H13F2N3O2. The summed E-state index contributed by atoms with van der Waals surface area (Å²) in [6, 6.07) is 2.64. The van der Waals surface area contributed by atoms with E-state index in [1.807, 2.05) is 0 Å². The van der Waals surface area contributed by atoms with Gasteiger partial charge in [0.1, 0.15) is 0 Å². The minimum atomic E-state index is -1.27. The van der Waals surface area contributed by atoms with E-state index in [9.17, 15) is 13.6 Å². The van der Waals surface area contributed by atoms with Crippen LogP contribution in [-0.4, -0.2) is 27.5 Å². The van der Waals surface area contributed by atoms with E-state index in [4.69, 9.17) is 4.52 Å². The number of carbonyl (C=O) groups is 1. The van der Waals surface area contributed by atoms with Gasteiger partial charge < -0.3 is 9.42 Å². The third-order valence-electron chi connectivity index (χ3n) is 3.57. The first-order valence-electron chi connectivity index (χ1n) is 6.62. The second-order valence-corrected chi connectivity index (χ2v) is 4.99. The van der Waals surface area contributed by atoms with Gasteiger partial charge in [-0.15, -0.1) is 0 Å². The van der Waals surface area contributed by atoms with Gasteiger partial charge >= 0.3 is 0 Å². The number of halogens is 2. The van der Waals surface area contributed by atoms with Gasteiger partial charge in [-0.25, -0.2) is 9.37 Å². The van der Waals surface area contributed by atoms with Crippen LogP contribution < -0.4 is 0 Å². The van der Waals surface area contributed by atoms with Gasteiger partial charge in [0.25, 0.3) is 5.91 Å². The minimum absolute atomic E-state index is 0.297. The van der Waals surface area contributed by atoms with Crippen molar-refractivity contribution in [3.05, 3.63) is 47.1 Å². The lowest BCUT2D eigenvalue weighted by molar-refractivity contribution is 0.0708. The molecule has 1 atom stereocenters. The standard InChI is InChI=1S/C14H13F2N3O2/c1-8-7-11(21-18-8)10-3-2-6-19(10)14(20)9-4-5-17-13(16)12(9)15/h4-5,7,10H,2-3,6H2,1H3. The number of rotatable bonds is 2. The highest BCUT2D eigenvalue weighted by molar-refractivity contribution is 5.94. The molecule has 1 unspecified atom stereocenters. The Morgan fingerprint density at radius 2 is 2.29 bits per heavy atom. The molecule has 0 N–H and O–H groups in total. The summed E-state index contributed by atoms with van der Waals surface area (Å²) in [5.41, 5.74) is 0.399. The number of amides is 1. The molecule has 1 aliphatic rings. The van der Waals surface area contributed by atoms with Crippen LogP contribution in [0.4, 0.5) is 8.78 Å².